The molecule has 2 aromatic carbocycles. The van der Waals surface area contributed by atoms with Crippen LogP contribution in [0.1, 0.15) is 22.8 Å². The number of esters is 1. The summed E-state index contributed by atoms with van der Waals surface area (Å²) in [5.41, 5.74) is 2.10. The van der Waals surface area contributed by atoms with Crippen molar-refractivity contribution in [1.29, 1.82) is 0 Å². The molecule has 26 heavy (non-hydrogen) atoms. The van der Waals surface area contributed by atoms with E-state index in [0.717, 1.165) is 9.54 Å². The van der Waals surface area contributed by atoms with Gasteiger partial charge in [-0.05, 0) is 32.0 Å². The summed E-state index contributed by atoms with van der Waals surface area (Å²) in [4.78, 5) is 12.5. The van der Waals surface area contributed by atoms with Gasteiger partial charge in [-0.25, -0.2) is 17.2 Å². The first kappa shape index (κ1) is 17.9. The topological polar surface area (TPSA) is 65.4 Å². The lowest BCUT2D eigenvalue weighted by atomic mass is 10.1. The highest BCUT2D eigenvalue weighted by molar-refractivity contribution is 7.90. The van der Waals surface area contributed by atoms with Crippen LogP contribution in [0.3, 0.4) is 0 Å². The van der Waals surface area contributed by atoms with Crippen LogP contribution in [0.5, 0.6) is 0 Å². The molecule has 0 aliphatic heterocycles. The van der Waals surface area contributed by atoms with E-state index in [1.54, 1.807) is 55.5 Å². The van der Waals surface area contributed by atoms with Gasteiger partial charge >= 0.3 is 5.97 Å². The Kier molecular flexibility index (Phi) is 4.95. The van der Waals surface area contributed by atoms with E-state index >= 15 is 0 Å². The second-order valence-electron chi connectivity index (χ2n) is 5.78. The smallest absolute Gasteiger partial charge is 0.340 e. The predicted molar refractivity (Wildman–Crippen MR) is 99.6 cm³/mol. The van der Waals surface area contributed by atoms with Crippen molar-refractivity contribution < 1.29 is 17.9 Å². The van der Waals surface area contributed by atoms with Gasteiger partial charge in [0.1, 0.15) is 0 Å². The Hall–Kier alpha value is -2.86. The largest absolute Gasteiger partial charge is 0.462 e. The lowest BCUT2D eigenvalue weighted by Crippen LogP contribution is -2.15. The van der Waals surface area contributed by atoms with Gasteiger partial charge in [0.25, 0.3) is 10.0 Å². The number of rotatable bonds is 5. The average Bonchev–Trinajstić information content (AvgIpc) is 3.09. The number of benzene rings is 2. The number of nitrogens with zero attached hydrogens (tertiary/aromatic N) is 1. The van der Waals surface area contributed by atoms with Crippen molar-refractivity contribution in [2.75, 3.05) is 6.61 Å². The van der Waals surface area contributed by atoms with Crippen LogP contribution in [0.2, 0.25) is 0 Å². The standard InChI is InChI=1S/C20H19NO4S/c1-3-25-20(22)18-13-14-21(19(18)16-7-5-4-6-8-16)26(23,24)17-11-9-15(2)10-12-17/h4-14H,3H2,1-2H3. The number of hydrogen-bond acceptors (Lipinski definition) is 4. The number of hydrogen-bond donors (Lipinski definition) is 0. The Bertz CT molecular complexity index is 1020. The van der Waals surface area contributed by atoms with Crippen molar-refractivity contribution in [3.8, 4) is 11.3 Å². The van der Waals surface area contributed by atoms with Gasteiger partial charge in [0.2, 0.25) is 0 Å². The maximum absolute atomic E-state index is 13.1. The molecule has 0 fully saturated rings. The van der Waals surface area contributed by atoms with E-state index in [0.29, 0.717) is 11.3 Å². The van der Waals surface area contributed by atoms with Gasteiger partial charge in [0.05, 0.1) is 22.8 Å². The molecule has 0 unspecified atom stereocenters. The summed E-state index contributed by atoms with van der Waals surface area (Å²) in [7, 11) is -3.85. The van der Waals surface area contributed by atoms with Gasteiger partial charge in [-0.1, -0.05) is 48.0 Å². The van der Waals surface area contributed by atoms with Crippen molar-refractivity contribution in [2.45, 2.75) is 18.7 Å². The monoisotopic (exact) mass is 369 g/mol. The zero-order chi connectivity index (χ0) is 18.7. The molecule has 0 spiro atoms. The third kappa shape index (κ3) is 3.28. The first-order chi connectivity index (χ1) is 12.4. The van der Waals surface area contributed by atoms with E-state index < -0.39 is 16.0 Å². The molecular weight excluding hydrogens is 350 g/mol. The fraction of sp³-hybridized carbons (Fsp3) is 0.150. The molecule has 0 saturated heterocycles. The second kappa shape index (κ2) is 7.17. The van der Waals surface area contributed by atoms with Crippen LogP contribution in [0.15, 0.2) is 71.8 Å². The molecule has 0 amide bonds. The molecule has 0 saturated carbocycles. The fourth-order valence-corrected chi connectivity index (χ4v) is 4.06. The highest BCUT2D eigenvalue weighted by atomic mass is 32.2. The van der Waals surface area contributed by atoms with Crippen LogP contribution in [0.4, 0.5) is 0 Å². The lowest BCUT2D eigenvalue weighted by molar-refractivity contribution is 0.0527. The minimum atomic E-state index is -3.85. The van der Waals surface area contributed by atoms with E-state index in [4.69, 9.17) is 4.74 Å². The minimum absolute atomic E-state index is 0.159. The number of carbonyl (C=O) groups excluding carboxylic acids is 1. The quantitative estimate of drug-likeness (QED) is 0.640. The normalized spacial score (nSPS) is 11.3. The summed E-state index contributed by atoms with van der Waals surface area (Å²) < 4.78 is 32.5. The summed E-state index contributed by atoms with van der Waals surface area (Å²) in [5.74, 6) is -0.552. The first-order valence-corrected chi connectivity index (χ1v) is 9.65. The SMILES string of the molecule is CCOC(=O)c1ccn(S(=O)(=O)c2ccc(C)cc2)c1-c1ccccc1. The zero-order valence-electron chi connectivity index (χ0n) is 14.5. The summed E-state index contributed by atoms with van der Waals surface area (Å²) in [6, 6.07) is 17.0. The van der Waals surface area contributed by atoms with Crippen LogP contribution < -0.4 is 0 Å². The van der Waals surface area contributed by atoms with Crippen LogP contribution in [-0.4, -0.2) is 25.0 Å². The molecule has 1 aromatic heterocycles. The molecule has 134 valence electrons. The van der Waals surface area contributed by atoms with Gasteiger partial charge in [0, 0.05) is 11.8 Å². The third-order valence-electron chi connectivity index (χ3n) is 3.97. The second-order valence-corrected chi connectivity index (χ2v) is 7.59. The van der Waals surface area contributed by atoms with Crippen LogP contribution in [0.25, 0.3) is 11.3 Å². The molecule has 0 N–H and O–H groups in total. The van der Waals surface area contributed by atoms with Crippen molar-refractivity contribution in [2.24, 2.45) is 0 Å². The molecule has 0 atom stereocenters. The van der Waals surface area contributed by atoms with Crippen molar-refractivity contribution in [1.82, 2.24) is 3.97 Å². The lowest BCUT2D eigenvalue weighted by Gasteiger charge is -2.13. The van der Waals surface area contributed by atoms with E-state index in [2.05, 4.69) is 0 Å². The number of aromatic nitrogens is 1. The molecule has 1 heterocycles. The molecule has 0 radical (unpaired) electrons. The average molecular weight is 369 g/mol. The Balaban J connectivity index is 2.22. The van der Waals surface area contributed by atoms with E-state index in [1.165, 1.54) is 12.3 Å². The van der Waals surface area contributed by atoms with Gasteiger partial charge < -0.3 is 4.74 Å². The van der Waals surface area contributed by atoms with Gasteiger partial charge in [-0.2, -0.15) is 0 Å². The van der Waals surface area contributed by atoms with Crippen LogP contribution in [-0.2, 0) is 14.8 Å². The molecular formula is C20H19NO4S. The van der Waals surface area contributed by atoms with Gasteiger partial charge in [0.15, 0.2) is 0 Å². The maximum atomic E-state index is 13.1. The Morgan fingerprint density at radius 2 is 1.65 bits per heavy atom. The van der Waals surface area contributed by atoms with E-state index in [1.807, 2.05) is 13.0 Å². The Morgan fingerprint density at radius 1 is 1.00 bits per heavy atom. The molecule has 6 heteroatoms. The molecule has 0 aliphatic rings. The van der Waals surface area contributed by atoms with Gasteiger partial charge in [-0.3, -0.25) is 0 Å². The summed E-state index contributed by atoms with van der Waals surface area (Å²) in [5, 5.41) is 0. The summed E-state index contributed by atoms with van der Waals surface area (Å²) >= 11 is 0. The highest BCUT2D eigenvalue weighted by Gasteiger charge is 2.26. The molecule has 3 aromatic rings. The third-order valence-corrected chi connectivity index (χ3v) is 5.66. The van der Waals surface area contributed by atoms with E-state index in [9.17, 15) is 13.2 Å². The predicted octanol–water partition coefficient (Wildman–Crippen LogP) is 3.88. The summed E-state index contributed by atoms with van der Waals surface area (Å²) in [6.07, 6.45) is 1.39. The Labute approximate surface area is 152 Å². The zero-order valence-corrected chi connectivity index (χ0v) is 15.4. The maximum Gasteiger partial charge on any atom is 0.340 e. The number of ether oxygens (including phenoxy) is 1. The fourth-order valence-electron chi connectivity index (χ4n) is 2.69. The van der Waals surface area contributed by atoms with Crippen molar-refractivity contribution >= 4 is 16.0 Å². The minimum Gasteiger partial charge on any atom is -0.462 e. The molecule has 3 rings (SSSR count). The van der Waals surface area contributed by atoms with Crippen LogP contribution >= 0.6 is 0 Å². The molecule has 0 aliphatic carbocycles. The molecule has 5 nitrogen and oxygen atoms in total. The first-order valence-electron chi connectivity index (χ1n) is 8.21. The Morgan fingerprint density at radius 3 is 2.27 bits per heavy atom. The summed E-state index contributed by atoms with van der Waals surface area (Å²) in [6.45, 7) is 3.81. The molecule has 0 bridgehead atoms. The van der Waals surface area contributed by atoms with Gasteiger partial charge in [-0.15, -0.1) is 0 Å². The number of carbonyl (C=O) groups is 1. The van der Waals surface area contributed by atoms with Crippen molar-refractivity contribution in [3.05, 3.63) is 78.0 Å². The highest BCUT2D eigenvalue weighted by Crippen LogP contribution is 2.29. The number of aryl methyl sites for hydroxylation is 1. The van der Waals surface area contributed by atoms with E-state index in [-0.39, 0.29) is 17.1 Å². The van der Waals surface area contributed by atoms with Crippen LogP contribution in [0, 0.1) is 6.92 Å². The van der Waals surface area contributed by atoms with Crippen molar-refractivity contribution in [3.63, 3.8) is 0 Å².